The Kier molecular flexibility index (Phi) is 3.42. The number of nitrogens with zero attached hydrogens (tertiary/aromatic N) is 1. The van der Waals surface area contributed by atoms with Gasteiger partial charge in [0, 0.05) is 25.7 Å². The van der Waals surface area contributed by atoms with Gasteiger partial charge < -0.3 is 15.2 Å². The van der Waals surface area contributed by atoms with Crippen LogP contribution < -0.4 is 5.32 Å². The molecule has 4 nitrogen and oxygen atoms in total. The average molecular weight is 262 g/mol. The van der Waals surface area contributed by atoms with Gasteiger partial charge in [0.25, 0.3) is 5.91 Å². The Balaban J connectivity index is 2.12. The summed E-state index contributed by atoms with van der Waals surface area (Å²) in [6, 6.07) is 1.89. The lowest BCUT2D eigenvalue weighted by molar-refractivity contribution is 0.0704. The average Bonchev–Trinajstić information content (AvgIpc) is 2.58. The maximum absolute atomic E-state index is 12.1. The summed E-state index contributed by atoms with van der Waals surface area (Å²) in [7, 11) is 0. The first-order valence-electron chi connectivity index (χ1n) is 5.14. The molecule has 1 aliphatic rings. The second kappa shape index (κ2) is 4.65. The highest BCUT2D eigenvalue weighted by Crippen LogP contribution is 2.22. The summed E-state index contributed by atoms with van der Waals surface area (Å²) in [6.45, 7) is 4.27. The summed E-state index contributed by atoms with van der Waals surface area (Å²) in [5.41, 5.74) is 0.448. The number of piperazine rings is 1. The van der Waals surface area contributed by atoms with E-state index in [0.717, 1.165) is 6.54 Å². The van der Waals surface area contributed by atoms with Crippen LogP contribution in [0.3, 0.4) is 0 Å². The number of nitrogens with one attached hydrogen (secondary N) is 2. The molecule has 0 radical (unpaired) electrons. The van der Waals surface area contributed by atoms with Crippen molar-refractivity contribution in [3.63, 3.8) is 0 Å². The van der Waals surface area contributed by atoms with Crippen molar-refractivity contribution in [1.82, 2.24) is 15.2 Å². The molecular weight excluding hydrogens is 249 g/mol. The van der Waals surface area contributed by atoms with E-state index in [1.54, 1.807) is 11.0 Å². The van der Waals surface area contributed by atoms with Crippen LogP contribution in [-0.2, 0) is 0 Å². The molecule has 2 rings (SSSR count). The fraction of sp³-hybridized carbons (Fsp3) is 0.500. The molecule has 0 spiro atoms. The van der Waals surface area contributed by atoms with E-state index in [9.17, 15) is 4.79 Å². The van der Waals surface area contributed by atoms with E-state index in [1.165, 1.54) is 0 Å². The molecule has 1 aliphatic heterocycles. The third-order valence-corrected chi connectivity index (χ3v) is 3.30. The second-order valence-corrected chi connectivity index (χ2v) is 4.74. The Hall–Kier alpha value is -0.710. The fourth-order valence-corrected chi connectivity index (χ4v) is 2.12. The first-order chi connectivity index (χ1) is 7.58. The number of carbonyl (C=O) groups is 1. The molecule has 0 bridgehead atoms. The molecule has 1 aromatic rings. The van der Waals surface area contributed by atoms with Crippen LogP contribution in [0.2, 0.25) is 10.2 Å². The molecular formula is C10H13Cl2N3O. The van der Waals surface area contributed by atoms with Gasteiger partial charge in [-0.05, 0) is 13.0 Å². The van der Waals surface area contributed by atoms with Gasteiger partial charge in [-0.1, -0.05) is 23.2 Å². The summed E-state index contributed by atoms with van der Waals surface area (Å²) >= 11 is 11.6. The normalized spacial score (nSPS) is 21.2. The van der Waals surface area contributed by atoms with Crippen molar-refractivity contribution < 1.29 is 4.79 Å². The van der Waals surface area contributed by atoms with E-state index in [0.29, 0.717) is 35.0 Å². The molecule has 1 unspecified atom stereocenters. The molecule has 0 saturated carbocycles. The largest absolute Gasteiger partial charge is 0.340 e. The number of aromatic amines is 1. The minimum absolute atomic E-state index is 0.0536. The van der Waals surface area contributed by atoms with Crippen molar-refractivity contribution in [1.29, 1.82) is 0 Å². The molecule has 88 valence electrons. The van der Waals surface area contributed by atoms with Crippen molar-refractivity contribution in [2.45, 2.75) is 13.0 Å². The van der Waals surface area contributed by atoms with Gasteiger partial charge in [0.15, 0.2) is 0 Å². The van der Waals surface area contributed by atoms with Gasteiger partial charge in [0.05, 0.1) is 5.02 Å². The van der Waals surface area contributed by atoms with Crippen LogP contribution in [0, 0.1) is 0 Å². The van der Waals surface area contributed by atoms with E-state index in [2.05, 4.69) is 10.3 Å². The lowest BCUT2D eigenvalue weighted by Gasteiger charge is -2.31. The van der Waals surface area contributed by atoms with Crippen molar-refractivity contribution in [3.05, 3.63) is 21.9 Å². The summed E-state index contributed by atoms with van der Waals surface area (Å²) in [4.78, 5) is 16.6. The van der Waals surface area contributed by atoms with Crippen LogP contribution in [-0.4, -0.2) is 41.5 Å². The Morgan fingerprint density at radius 3 is 2.88 bits per heavy atom. The van der Waals surface area contributed by atoms with E-state index < -0.39 is 0 Å². The monoisotopic (exact) mass is 261 g/mol. The van der Waals surface area contributed by atoms with Crippen LogP contribution >= 0.6 is 23.2 Å². The Labute approximate surface area is 104 Å². The molecule has 2 N–H and O–H groups in total. The highest BCUT2D eigenvalue weighted by atomic mass is 35.5. The number of amides is 1. The zero-order valence-corrected chi connectivity index (χ0v) is 10.4. The van der Waals surface area contributed by atoms with E-state index >= 15 is 0 Å². The minimum atomic E-state index is -0.0536. The summed E-state index contributed by atoms with van der Waals surface area (Å²) < 4.78 is 0. The Morgan fingerprint density at radius 1 is 1.56 bits per heavy atom. The van der Waals surface area contributed by atoms with Crippen LogP contribution in [0.4, 0.5) is 0 Å². The molecule has 1 aromatic heterocycles. The van der Waals surface area contributed by atoms with E-state index in [-0.39, 0.29) is 5.91 Å². The maximum atomic E-state index is 12.1. The van der Waals surface area contributed by atoms with Crippen LogP contribution in [0.5, 0.6) is 0 Å². The first-order valence-corrected chi connectivity index (χ1v) is 5.90. The Morgan fingerprint density at radius 2 is 2.31 bits per heavy atom. The SMILES string of the molecule is CC1CN(C(=O)c2cc(Cl)c(Cl)[nH]2)CCN1. The van der Waals surface area contributed by atoms with Crippen LogP contribution in [0.25, 0.3) is 0 Å². The van der Waals surface area contributed by atoms with Gasteiger partial charge >= 0.3 is 0 Å². The lowest BCUT2D eigenvalue weighted by atomic mass is 10.2. The molecule has 16 heavy (non-hydrogen) atoms. The first kappa shape index (κ1) is 11.8. The maximum Gasteiger partial charge on any atom is 0.270 e. The minimum Gasteiger partial charge on any atom is -0.340 e. The second-order valence-electron chi connectivity index (χ2n) is 3.95. The summed E-state index contributed by atoms with van der Waals surface area (Å²) in [5.74, 6) is -0.0536. The van der Waals surface area contributed by atoms with Crippen molar-refractivity contribution in [3.8, 4) is 0 Å². The number of hydrogen-bond donors (Lipinski definition) is 2. The third kappa shape index (κ3) is 2.34. The predicted octanol–water partition coefficient (Wildman–Crippen LogP) is 1.76. The number of rotatable bonds is 1. The topological polar surface area (TPSA) is 48.1 Å². The van der Waals surface area contributed by atoms with Crippen molar-refractivity contribution >= 4 is 29.1 Å². The smallest absolute Gasteiger partial charge is 0.270 e. The van der Waals surface area contributed by atoms with E-state index in [4.69, 9.17) is 23.2 Å². The van der Waals surface area contributed by atoms with Gasteiger partial charge in [0.1, 0.15) is 10.8 Å². The highest BCUT2D eigenvalue weighted by Gasteiger charge is 2.23. The summed E-state index contributed by atoms with van der Waals surface area (Å²) in [6.07, 6.45) is 0. The van der Waals surface area contributed by atoms with Crippen molar-refractivity contribution in [2.24, 2.45) is 0 Å². The molecule has 1 saturated heterocycles. The Bertz CT molecular complexity index is 385. The molecule has 1 fully saturated rings. The van der Waals surface area contributed by atoms with Gasteiger partial charge in [-0.25, -0.2) is 0 Å². The van der Waals surface area contributed by atoms with Crippen molar-refractivity contribution in [2.75, 3.05) is 19.6 Å². The lowest BCUT2D eigenvalue weighted by Crippen LogP contribution is -2.51. The number of hydrogen-bond acceptors (Lipinski definition) is 2. The fourth-order valence-electron chi connectivity index (χ4n) is 1.81. The summed E-state index contributed by atoms with van der Waals surface area (Å²) in [5, 5.41) is 3.97. The zero-order valence-electron chi connectivity index (χ0n) is 8.89. The zero-order chi connectivity index (χ0) is 11.7. The van der Waals surface area contributed by atoms with Gasteiger partial charge in [0.2, 0.25) is 0 Å². The number of H-pyrrole nitrogens is 1. The standard InChI is InChI=1S/C10H13Cl2N3O/c1-6-5-15(3-2-13-6)10(16)8-4-7(11)9(12)14-8/h4,6,13-14H,2-3,5H2,1H3. The number of carbonyl (C=O) groups excluding carboxylic acids is 1. The molecule has 0 aromatic carbocycles. The van der Waals surface area contributed by atoms with Crippen LogP contribution in [0.1, 0.15) is 17.4 Å². The van der Waals surface area contributed by atoms with Gasteiger partial charge in [-0.2, -0.15) is 0 Å². The van der Waals surface area contributed by atoms with E-state index in [1.807, 2.05) is 6.92 Å². The highest BCUT2D eigenvalue weighted by molar-refractivity contribution is 6.41. The predicted molar refractivity (Wildman–Crippen MR) is 64.2 cm³/mol. The van der Waals surface area contributed by atoms with Gasteiger partial charge in [-0.15, -0.1) is 0 Å². The number of aromatic nitrogens is 1. The molecule has 2 heterocycles. The molecule has 1 amide bonds. The quantitative estimate of drug-likeness (QED) is 0.810. The van der Waals surface area contributed by atoms with Gasteiger partial charge in [-0.3, -0.25) is 4.79 Å². The third-order valence-electron chi connectivity index (χ3n) is 2.61. The molecule has 1 atom stereocenters. The number of halogens is 2. The molecule has 6 heteroatoms. The van der Waals surface area contributed by atoms with Crippen LogP contribution in [0.15, 0.2) is 6.07 Å². The molecule has 0 aliphatic carbocycles.